The standard InChI is InChI=1S/C66H57BN2O2/c1-64(2,3)44-26-28-53-55(36-44)68(47-18-14-16-40(32-47)42-24-30-61-51(34-42)49-20-10-12-22-59(49)70-61)57-38-46(66(7,8)9)39-58-63(57)67(53)54-29-27-45(65(4,5)6)37-56(54)69(58)48-19-15-17-41(33-48)43-25-31-62-52(35-43)50-21-11-13-23-60(50)71-62/h10-39H,1-9H3. The van der Waals surface area contributed by atoms with E-state index >= 15 is 0 Å². The lowest BCUT2D eigenvalue weighted by Gasteiger charge is -2.45. The van der Waals surface area contributed by atoms with Crippen LogP contribution in [0.5, 0.6) is 0 Å². The molecule has 346 valence electrons. The molecule has 2 aromatic heterocycles. The molecule has 11 aromatic rings. The van der Waals surface area contributed by atoms with Gasteiger partial charge in [-0.05, 0) is 157 Å². The molecule has 0 N–H and O–H groups in total. The summed E-state index contributed by atoms with van der Waals surface area (Å²) in [5, 5.41) is 4.53. The summed E-state index contributed by atoms with van der Waals surface area (Å²) in [5.74, 6) is 0. The summed E-state index contributed by atoms with van der Waals surface area (Å²) in [6.07, 6.45) is 0. The zero-order chi connectivity index (χ0) is 48.7. The Kier molecular flexibility index (Phi) is 9.37. The van der Waals surface area contributed by atoms with Gasteiger partial charge in [-0.15, -0.1) is 0 Å². The number of hydrogen-bond donors (Lipinski definition) is 0. The number of fused-ring (bicyclic) bond motifs is 10. The smallest absolute Gasteiger partial charge is 0.252 e. The zero-order valence-electron chi connectivity index (χ0n) is 42.1. The van der Waals surface area contributed by atoms with Gasteiger partial charge in [0.25, 0.3) is 6.71 Å². The first kappa shape index (κ1) is 43.3. The first-order valence-corrected chi connectivity index (χ1v) is 25.2. The predicted molar refractivity (Wildman–Crippen MR) is 302 cm³/mol. The first-order chi connectivity index (χ1) is 34.1. The monoisotopic (exact) mass is 920 g/mol. The molecule has 5 heteroatoms. The summed E-state index contributed by atoms with van der Waals surface area (Å²) in [7, 11) is 0. The van der Waals surface area contributed by atoms with Crippen molar-refractivity contribution in [1.29, 1.82) is 0 Å². The lowest BCUT2D eigenvalue weighted by atomic mass is 9.33. The van der Waals surface area contributed by atoms with E-state index in [1.165, 1.54) is 55.8 Å². The topological polar surface area (TPSA) is 32.8 Å². The SMILES string of the molecule is CC(C)(C)c1ccc2c(c1)N(c1cccc(-c3ccc4oc5ccccc5c4c3)c1)c1cc(C(C)(C)C)cc3c1B2c1ccc(C(C)(C)C)cc1N3c1cccc(-c2ccc3oc4ccccc4c3c2)c1. The van der Waals surface area contributed by atoms with E-state index < -0.39 is 0 Å². The van der Waals surface area contributed by atoms with Crippen LogP contribution in [0.15, 0.2) is 191 Å². The molecule has 0 bridgehead atoms. The summed E-state index contributed by atoms with van der Waals surface area (Å²) in [6, 6.07) is 67.9. The molecule has 4 nitrogen and oxygen atoms in total. The highest BCUT2D eigenvalue weighted by Gasteiger charge is 2.45. The van der Waals surface area contributed by atoms with Crippen molar-refractivity contribution >= 4 is 101 Å². The van der Waals surface area contributed by atoms with Gasteiger partial charge in [-0.25, -0.2) is 0 Å². The molecule has 2 aliphatic rings. The maximum Gasteiger partial charge on any atom is 0.252 e. The van der Waals surface area contributed by atoms with Crippen molar-refractivity contribution < 1.29 is 8.83 Å². The number of nitrogens with zero attached hydrogens (tertiary/aromatic N) is 2. The van der Waals surface area contributed by atoms with Crippen LogP contribution in [0.2, 0.25) is 0 Å². The third kappa shape index (κ3) is 6.95. The Morgan fingerprint density at radius 3 is 1.15 bits per heavy atom. The summed E-state index contributed by atoms with van der Waals surface area (Å²) in [5.41, 5.74) is 23.0. The molecule has 2 aliphatic heterocycles. The van der Waals surface area contributed by atoms with Gasteiger partial charge in [0.15, 0.2) is 0 Å². The zero-order valence-corrected chi connectivity index (χ0v) is 42.1. The molecule has 0 fully saturated rings. The lowest BCUT2D eigenvalue weighted by Crippen LogP contribution is -2.61. The maximum absolute atomic E-state index is 6.28. The van der Waals surface area contributed by atoms with Crippen LogP contribution in [0.1, 0.15) is 79.0 Å². The van der Waals surface area contributed by atoms with E-state index in [1.807, 2.05) is 12.1 Å². The van der Waals surface area contributed by atoms with Crippen molar-refractivity contribution in [1.82, 2.24) is 0 Å². The van der Waals surface area contributed by atoms with Crippen molar-refractivity contribution in [2.75, 3.05) is 9.80 Å². The molecule has 4 heterocycles. The van der Waals surface area contributed by atoms with Gasteiger partial charge in [0.1, 0.15) is 22.3 Å². The normalized spacial score (nSPS) is 13.6. The van der Waals surface area contributed by atoms with Crippen molar-refractivity contribution in [2.24, 2.45) is 0 Å². The molecule has 0 radical (unpaired) electrons. The third-order valence-electron chi connectivity index (χ3n) is 15.3. The molecule has 0 saturated carbocycles. The Hall–Kier alpha value is -7.76. The van der Waals surface area contributed by atoms with E-state index in [0.29, 0.717) is 0 Å². The second-order valence-electron chi connectivity index (χ2n) is 23.0. The second kappa shape index (κ2) is 15.4. The van der Waals surface area contributed by atoms with E-state index in [4.69, 9.17) is 8.83 Å². The van der Waals surface area contributed by atoms with Gasteiger partial charge in [0, 0.05) is 55.7 Å². The van der Waals surface area contributed by atoms with E-state index in [2.05, 4.69) is 242 Å². The van der Waals surface area contributed by atoms with Crippen LogP contribution in [0.4, 0.5) is 34.1 Å². The molecule has 13 rings (SSSR count). The van der Waals surface area contributed by atoms with Gasteiger partial charge in [-0.2, -0.15) is 0 Å². The quantitative estimate of drug-likeness (QED) is 0.165. The van der Waals surface area contributed by atoms with Gasteiger partial charge in [0.05, 0.1) is 0 Å². The van der Waals surface area contributed by atoms with Gasteiger partial charge in [0.2, 0.25) is 0 Å². The summed E-state index contributed by atoms with van der Waals surface area (Å²) >= 11 is 0. The molecule has 0 amide bonds. The Morgan fingerprint density at radius 1 is 0.324 bits per heavy atom. The molecule has 0 atom stereocenters. The molecule has 9 aromatic carbocycles. The minimum absolute atomic E-state index is 0.00511. The second-order valence-corrected chi connectivity index (χ2v) is 23.0. The van der Waals surface area contributed by atoms with Gasteiger partial charge in [-0.1, -0.05) is 159 Å². The summed E-state index contributed by atoms with van der Waals surface area (Å²) < 4.78 is 12.6. The molecular weight excluding hydrogens is 864 g/mol. The highest BCUT2D eigenvalue weighted by molar-refractivity contribution is 7.00. The third-order valence-corrected chi connectivity index (χ3v) is 15.3. The number of para-hydroxylation sites is 2. The fourth-order valence-corrected chi connectivity index (χ4v) is 11.4. The average Bonchev–Trinajstić information content (AvgIpc) is 3.93. The Bertz CT molecular complexity index is 3730. The molecule has 0 spiro atoms. The molecule has 71 heavy (non-hydrogen) atoms. The molecule has 0 aliphatic carbocycles. The summed E-state index contributed by atoms with van der Waals surface area (Å²) in [4.78, 5) is 5.16. The number of hydrogen-bond acceptors (Lipinski definition) is 4. The van der Waals surface area contributed by atoms with Crippen molar-refractivity contribution in [3.63, 3.8) is 0 Å². The fraction of sp³-hybridized carbons (Fsp3) is 0.182. The molecular formula is C66H57BN2O2. The number of benzene rings is 9. The van der Waals surface area contributed by atoms with Crippen LogP contribution in [0.3, 0.4) is 0 Å². The number of furan rings is 2. The van der Waals surface area contributed by atoms with Crippen LogP contribution in [0.25, 0.3) is 66.1 Å². The lowest BCUT2D eigenvalue weighted by molar-refractivity contribution is 0.590. The van der Waals surface area contributed by atoms with Crippen LogP contribution in [0, 0.1) is 0 Å². The predicted octanol–water partition coefficient (Wildman–Crippen LogP) is 16.8. The molecule has 0 unspecified atom stereocenters. The first-order valence-electron chi connectivity index (χ1n) is 25.2. The minimum atomic E-state index is -0.158. The molecule has 0 saturated heterocycles. The Balaban J connectivity index is 1.06. The van der Waals surface area contributed by atoms with Crippen LogP contribution < -0.4 is 26.2 Å². The maximum atomic E-state index is 6.28. The summed E-state index contributed by atoms with van der Waals surface area (Å²) in [6.45, 7) is 21.0. The van der Waals surface area contributed by atoms with E-state index in [1.54, 1.807) is 0 Å². The van der Waals surface area contributed by atoms with Crippen LogP contribution in [-0.2, 0) is 16.2 Å². The largest absolute Gasteiger partial charge is 0.456 e. The highest BCUT2D eigenvalue weighted by atomic mass is 16.3. The minimum Gasteiger partial charge on any atom is -0.456 e. The average molecular weight is 921 g/mol. The van der Waals surface area contributed by atoms with Crippen LogP contribution >= 0.6 is 0 Å². The highest BCUT2D eigenvalue weighted by Crippen LogP contribution is 2.48. The van der Waals surface area contributed by atoms with Crippen molar-refractivity contribution in [3.05, 3.63) is 199 Å². The number of anilines is 6. The van der Waals surface area contributed by atoms with Crippen molar-refractivity contribution in [2.45, 2.75) is 78.6 Å². The van der Waals surface area contributed by atoms with Crippen molar-refractivity contribution in [3.8, 4) is 22.3 Å². The fourth-order valence-electron chi connectivity index (χ4n) is 11.4. The van der Waals surface area contributed by atoms with E-state index in [-0.39, 0.29) is 23.0 Å². The number of rotatable bonds is 4. The Morgan fingerprint density at radius 2 is 0.718 bits per heavy atom. The van der Waals surface area contributed by atoms with Gasteiger partial charge in [-0.3, -0.25) is 0 Å². The Labute approximate surface area is 417 Å². The van der Waals surface area contributed by atoms with Crippen LogP contribution in [-0.4, -0.2) is 6.71 Å². The van der Waals surface area contributed by atoms with Gasteiger partial charge >= 0.3 is 0 Å². The van der Waals surface area contributed by atoms with Gasteiger partial charge < -0.3 is 18.6 Å². The van der Waals surface area contributed by atoms with E-state index in [9.17, 15) is 0 Å². The van der Waals surface area contributed by atoms with E-state index in [0.717, 1.165) is 77.5 Å².